The van der Waals surface area contributed by atoms with Crippen LogP contribution in [0.1, 0.15) is 49.5 Å². The van der Waals surface area contributed by atoms with E-state index >= 15 is 0 Å². The number of nitrogens with zero attached hydrogens (tertiary/aromatic N) is 2. The van der Waals surface area contributed by atoms with Gasteiger partial charge in [-0.1, -0.05) is 23.7 Å². The molecule has 10 heteroatoms. The van der Waals surface area contributed by atoms with Crippen LogP contribution in [0.4, 0.5) is 4.39 Å². The number of halogens is 2. The van der Waals surface area contributed by atoms with Gasteiger partial charge < -0.3 is 15.4 Å². The molecule has 5 rings (SSSR count). The van der Waals surface area contributed by atoms with Crippen molar-refractivity contribution in [2.75, 3.05) is 6.61 Å². The van der Waals surface area contributed by atoms with E-state index in [0.717, 1.165) is 38.2 Å². The molecule has 3 aliphatic carbocycles. The quantitative estimate of drug-likeness (QED) is 0.721. The summed E-state index contributed by atoms with van der Waals surface area (Å²) in [5.74, 6) is -0.752. The second kappa shape index (κ2) is 7.86. The van der Waals surface area contributed by atoms with Gasteiger partial charge in [0.05, 0.1) is 5.02 Å². The summed E-state index contributed by atoms with van der Waals surface area (Å²) < 4.78 is 23.4. The molecule has 0 aliphatic heterocycles. The first-order chi connectivity index (χ1) is 14.3. The molecule has 1 unspecified atom stereocenters. The smallest absolute Gasteiger partial charge is 0.275 e. The van der Waals surface area contributed by atoms with Crippen LogP contribution in [0.5, 0.6) is 5.75 Å². The number of fused-ring (bicyclic) bond motifs is 3. The van der Waals surface area contributed by atoms with Gasteiger partial charge in [-0.15, -0.1) is 0 Å². The molecule has 8 nitrogen and oxygen atoms in total. The van der Waals surface area contributed by atoms with Crippen LogP contribution < -0.4 is 15.4 Å². The number of hydrogen-bond donors (Lipinski definition) is 2. The first kappa shape index (κ1) is 20.6. The van der Waals surface area contributed by atoms with Gasteiger partial charge in [0.15, 0.2) is 12.3 Å². The van der Waals surface area contributed by atoms with Crippen LogP contribution in [0.2, 0.25) is 5.02 Å². The molecule has 1 atom stereocenters. The van der Waals surface area contributed by atoms with Gasteiger partial charge in [0.2, 0.25) is 0 Å². The molecule has 2 bridgehead atoms. The van der Waals surface area contributed by atoms with E-state index in [-0.39, 0.29) is 51.9 Å². The number of carbonyl (C=O) groups is 2. The number of amides is 2. The molecule has 1 heterocycles. The molecule has 0 radical (unpaired) electrons. The molecule has 30 heavy (non-hydrogen) atoms. The largest absolute Gasteiger partial charge is 0.484 e. The van der Waals surface area contributed by atoms with Crippen molar-refractivity contribution in [3.05, 3.63) is 40.9 Å². The zero-order chi connectivity index (χ0) is 21.4. The third-order valence-electron chi connectivity index (χ3n) is 6.36. The SMILES string of the molecule is CC1CC2(NC(=O)c3cnon3)CCC1(NC(=O)COc1ccc(Cl)c(F)c1)CC2. The summed E-state index contributed by atoms with van der Waals surface area (Å²) in [6.45, 7) is 1.86. The highest BCUT2D eigenvalue weighted by Gasteiger charge is 2.54. The Labute approximate surface area is 177 Å². The van der Waals surface area contributed by atoms with Gasteiger partial charge in [0.25, 0.3) is 11.8 Å². The number of rotatable bonds is 6. The van der Waals surface area contributed by atoms with Crippen molar-refractivity contribution in [1.29, 1.82) is 0 Å². The summed E-state index contributed by atoms with van der Waals surface area (Å²) in [6.07, 6.45) is 5.01. The first-order valence-corrected chi connectivity index (χ1v) is 10.2. The van der Waals surface area contributed by atoms with Crippen LogP contribution in [0, 0.1) is 11.7 Å². The second-order valence-corrected chi connectivity index (χ2v) is 8.61. The van der Waals surface area contributed by atoms with E-state index in [1.807, 2.05) is 0 Å². The van der Waals surface area contributed by atoms with E-state index < -0.39 is 5.82 Å². The predicted molar refractivity (Wildman–Crippen MR) is 105 cm³/mol. The summed E-state index contributed by atoms with van der Waals surface area (Å²) in [5, 5.41) is 13.3. The lowest BCUT2D eigenvalue weighted by Gasteiger charge is -2.57. The van der Waals surface area contributed by atoms with Crippen molar-refractivity contribution in [3.8, 4) is 5.75 Å². The van der Waals surface area contributed by atoms with E-state index in [1.165, 1.54) is 18.3 Å². The van der Waals surface area contributed by atoms with Gasteiger partial charge in [0.1, 0.15) is 17.8 Å². The van der Waals surface area contributed by atoms with Crippen molar-refractivity contribution in [3.63, 3.8) is 0 Å². The molecule has 0 spiro atoms. The number of aromatic nitrogens is 2. The highest BCUT2D eigenvalue weighted by Crippen LogP contribution is 2.50. The van der Waals surface area contributed by atoms with E-state index in [4.69, 9.17) is 16.3 Å². The zero-order valence-electron chi connectivity index (χ0n) is 16.4. The molecule has 160 valence electrons. The minimum atomic E-state index is -0.596. The van der Waals surface area contributed by atoms with Crippen LogP contribution in [0.3, 0.4) is 0 Å². The number of nitrogens with one attached hydrogen (secondary N) is 2. The van der Waals surface area contributed by atoms with Crippen LogP contribution in [-0.4, -0.2) is 39.8 Å². The van der Waals surface area contributed by atoms with Gasteiger partial charge >= 0.3 is 0 Å². The summed E-state index contributed by atoms with van der Waals surface area (Å²) in [4.78, 5) is 24.9. The third-order valence-corrected chi connectivity index (χ3v) is 6.67. The summed E-state index contributed by atoms with van der Waals surface area (Å²) in [6, 6.07) is 4.05. The molecule has 0 saturated heterocycles. The lowest BCUT2D eigenvalue weighted by Crippen LogP contribution is -2.67. The van der Waals surface area contributed by atoms with E-state index in [0.29, 0.717) is 0 Å². The average Bonchev–Trinajstić information content (AvgIpc) is 3.25. The van der Waals surface area contributed by atoms with Crippen molar-refractivity contribution < 1.29 is 23.3 Å². The summed E-state index contributed by atoms with van der Waals surface area (Å²) in [7, 11) is 0. The molecule has 3 fully saturated rings. The highest BCUT2D eigenvalue weighted by atomic mass is 35.5. The molecular formula is C20H22ClFN4O4. The highest BCUT2D eigenvalue weighted by molar-refractivity contribution is 6.30. The first-order valence-electron chi connectivity index (χ1n) is 9.80. The van der Waals surface area contributed by atoms with Gasteiger partial charge in [-0.25, -0.2) is 9.02 Å². The standard InChI is InChI=1S/C20H22ClFN4O4/c1-12-9-19(25-18(28)16-10-23-30-26-16)4-6-20(12,7-5-19)24-17(27)11-29-13-2-3-14(21)15(22)8-13/h2-3,8,10,12H,4-7,9,11H2,1H3,(H,24,27)(H,25,28). The Balaban J connectivity index is 1.34. The van der Waals surface area contributed by atoms with Gasteiger partial charge in [0, 0.05) is 17.1 Å². The average molecular weight is 437 g/mol. The Morgan fingerprint density at radius 1 is 1.30 bits per heavy atom. The number of ether oxygens (including phenoxy) is 1. The number of benzene rings is 1. The van der Waals surface area contributed by atoms with Gasteiger partial charge in [-0.2, -0.15) is 0 Å². The molecule has 1 aromatic heterocycles. The monoisotopic (exact) mass is 436 g/mol. The van der Waals surface area contributed by atoms with Crippen molar-refractivity contribution >= 4 is 23.4 Å². The molecular weight excluding hydrogens is 415 g/mol. The fraction of sp³-hybridized carbons (Fsp3) is 0.500. The maximum Gasteiger partial charge on any atom is 0.275 e. The molecule has 2 amide bonds. The van der Waals surface area contributed by atoms with Crippen LogP contribution >= 0.6 is 11.6 Å². The summed E-state index contributed by atoms with van der Waals surface area (Å²) in [5.41, 5.74) is -0.504. The van der Waals surface area contributed by atoms with Crippen molar-refractivity contribution in [2.45, 2.75) is 50.1 Å². The zero-order valence-corrected chi connectivity index (χ0v) is 17.2. The maximum atomic E-state index is 13.5. The van der Waals surface area contributed by atoms with Crippen LogP contribution in [0.25, 0.3) is 0 Å². The minimum absolute atomic E-state index is 0.000634. The van der Waals surface area contributed by atoms with Gasteiger partial charge in [-0.3, -0.25) is 9.59 Å². The molecule has 3 saturated carbocycles. The van der Waals surface area contributed by atoms with Crippen LogP contribution in [0.15, 0.2) is 29.0 Å². The Morgan fingerprint density at radius 2 is 2.07 bits per heavy atom. The van der Waals surface area contributed by atoms with Gasteiger partial charge in [-0.05, 0) is 55.3 Å². The predicted octanol–water partition coefficient (Wildman–Crippen LogP) is 2.88. The third kappa shape index (κ3) is 3.98. The maximum absolute atomic E-state index is 13.5. The topological polar surface area (TPSA) is 106 Å². The fourth-order valence-corrected chi connectivity index (χ4v) is 4.79. The Morgan fingerprint density at radius 3 is 2.70 bits per heavy atom. The fourth-order valence-electron chi connectivity index (χ4n) is 4.68. The normalized spacial score (nSPS) is 27.5. The Hall–Kier alpha value is -2.68. The Bertz CT molecular complexity index is 944. The summed E-state index contributed by atoms with van der Waals surface area (Å²) >= 11 is 5.65. The van der Waals surface area contributed by atoms with E-state index in [1.54, 1.807) is 0 Å². The van der Waals surface area contributed by atoms with E-state index in [2.05, 4.69) is 32.5 Å². The Kier molecular flexibility index (Phi) is 5.40. The van der Waals surface area contributed by atoms with Crippen LogP contribution in [-0.2, 0) is 4.79 Å². The lowest BCUT2D eigenvalue weighted by atomic mass is 9.56. The van der Waals surface area contributed by atoms with E-state index in [9.17, 15) is 14.0 Å². The van der Waals surface area contributed by atoms with Crippen molar-refractivity contribution in [2.24, 2.45) is 5.92 Å². The molecule has 2 N–H and O–H groups in total. The second-order valence-electron chi connectivity index (χ2n) is 8.20. The lowest BCUT2D eigenvalue weighted by molar-refractivity contribution is -0.128. The number of hydrogen-bond acceptors (Lipinski definition) is 6. The van der Waals surface area contributed by atoms with Crippen molar-refractivity contribution in [1.82, 2.24) is 20.9 Å². The molecule has 2 aromatic rings. The molecule has 1 aromatic carbocycles. The molecule has 3 aliphatic rings. The minimum Gasteiger partial charge on any atom is -0.484 e. The number of carbonyl (C=O) groups excluding carboxylic acids is 2.